The number of nitrogens with one attached hydrogen (secondary N) is 2. The van der Waals surface area contributed by atoms with Crippen LogP contribution in [0.25, 0.3) is 0 Å². The number of hydrogen-bond donors (Lipinski definition) is 3. The van der Waals surface area contributed by atoms with Crippen LogP contribution in [0.2, 0.25) is 0 Å². The minimum absolute atomic E-state index is 0.0475. The number of nitrogens with zero attached hydrogens (tertiary/aromatic N) is 2. The summed E-state index contributed by atoms with van der Waals surface area (Å²) in [5, 5.41) is 14.7. The molecule has 0 aliphatic heterocycles. The SMILES string of the molecule is CCOC(=O)[C@@H](Cc1ccc(CC(NC(=O)c2ccccn2)C(=O)O)cc1)NC(=O)c1ccccn1. The molecule has 0 aliphatic rings. The highest BCUT2D eigenvalue weighted by Gasteiger charge is 2.24. The number of carboxylic acid groups (broad SMARTS) is 1. The molecular weight excluding hydrogens is 464 g/mol. The molecule has 2 atom stereocenters. The molecule has 1 aromatic carbocycles. The molecule has 0 radical (unpaired) electrons. The molecule has 0 fully saturated rings. The monoisotopic (exact) mass is 490 g/mol. The lowest BCUT2D eigenvalue weighted by Gasteiger charge is -2.18. The van der Waals surface area contributed by atoms with Gasteiger partial charge in [-0.1, -0.05) is 36.4 Å². The maximum atomic E-state index is 12.5. The summed E-state index contributed by atoms with van der Waals surface area (Å²) in [6.07, 6.45) is 3.14. The van der Waals surface area contributed by atoms with E-state index in [1.807, 2.05) is 0 Å². The quantitative estimate of drug-likeness (QED) is 0.345. The van der Waals surface area contributed by atoms with Crippen molar-refractivity contribution in [1.82, 2.24) is 20.6 Å². The summed E-state index contributed by atoms with van der Waals surface area (Å²) in [7, 11) is 0. The van der Waals surface area contributed by atoms with E-state index in [9.17, 15) is 24.3 Å². The minimum Gasteiger partial charge on any atom is -0.480 e. The number of aromatic nitrogens is 2. The van der Waals surface area contributed by atoms with Crippen molar-refractivity contribution >= 4 is 23.8 Å². The van der Waals surface area contributed by atoms with Gasteiger partial charge in [-0.3, -0.25) is 19.6 Å². The number of carbonyl (C=O) groups excluding carboxylic acids is 3. The van der Waals surface area contributed by atoms with E-state index in [2.05, 4.69) is 20.6 Å². The number of benzene rings is 1. The number of carbonyl (C=O) groups is 4. The second-order valence-electron chi connectivity index (χ2n) is 7.80. The zero-order valence-corrected chi connectivity index (χ0v) is 19.6. The Hall–Kier alpha value is -4.60. The van der Waals surface area contributed by atoms with Crippen molar-refractivity contribution in [1.29, 1.82) is 0 Å². The Balaban J connectivity index is 1.66. The van der Waals surface area contributed by atoms with Crippen molar-refractivity contribution in [2.24, 2.45) is 0 Å². The van der Waals surface area contributed by atoms with Gasteiger partial charge >= 0.3 is 11.9 Å². The first-order valence-electron chi connectivity index (χ1n) is 11.3. The molecule has 0 saturated carbocycles. The Morgan fingerprint density at radius 2 is 1.25 bits per heavy atom. The molecule has 10 heteroatoms. The van der Waals surface area contributed by atoms with Crippen LogP contribution < -0.4 is 10.6 Å². The van der Waals surface area contributed by atoms with Crippen LogP contribution in [0.15, 0.2) is 73.1 Å². The highest BCUT2D eigenvalue weighted by atomic mass is 16.5. The summed E-state index contributed by atoms with van der Waals surface area (Å²) in [6, 6.07) is 14.5. The first kappa shape index (κ1) is 26.0. The summed E-state index contributed by atoms with van der Waals surface area (Å²) in [5.74, 6) is -2.84. The van der Waals surface area contributed by atoms with Gasteiger partial charge in [0.05, 0.1) is 6.61 Å². The fraction of sp³-hybridized carbons (Fsp3) is 0.231. The maximum absolute atomic E-state index is 12.5. The van der Waals surface area contributed by atoms with Crippen LogP contribution in [0.5, 0.6) is 0 Å². The Bertz CT molecular complexity index is 1190. The normalized spacial score (nSPS) is 12.1. The summed E-state index contributed by atoms with van der Waals surface area (Å²) in [5.41, 5.74) is 1.69. The molecule has 2 amide bonds. The van der Waals surface area contributed by atoms with E-state index in [0.717, 1.165) is 5.56 Å². The molecule has 3 rings (SSSR count). The summed E-state index contributed by atoms with van der Waals surface area (Å²) < 4.78 is 5.10. The largest absolute Gasteiger partial charge is 0.480 e. The number of carboxylic acids is 1. The number of esters is 1. The fourth-order valence-electron chi connectivity index (χ4n) is 3.38. The van der Waals surface area contributed by atoms with E-state index in [1.54, 1.807) is 55.5 Å². The van der Waals surface area contributed by atoms with E-state index in [0.29, 0.717) is 5.56 Å². The van der Waals surface area contributed by atoms with Gasteiger partial charge in [-0.25, -0.2) is 9.59 Å². The van der Waals surface area contributed by atoms with Crippen molar-refractivity contribution in [3.05, 3.63) is 95.6 Å². The van der Waals surface area contributed by atoms with Crippen molar-refractivity contribution < 1.29 is 29.0 Å². The van der Waals surface area contributed by atoms with Gasteiger partial charge in [0.1, 0.15) is 23.5 Å². The third-order valence-electron chi connectivity index (χ3n) is 5.18. The van der Waals surface area contributed by atoms with E-state index < -0.39 is 35.8 Å². The molecule has 0 bridgehead atoms. The second-order valence-corrected chi connectivity index (χ2v) is 7.80. The Kier molecular flexibility index (Phi) is 9.21. The maximum Gasteiger partial charge on any atom is 0.328 e. The number of aliphatic carboxylic acids is 1. The first-order chi connectivity index (χ1) is 17.4. The number of hydrogen-bond acceptors (Lipinski definition) is 7. The molecule has 10 nitrogen and oxygen atoms in total. The summed E-state index contributed by atoms with van der Waals surface area (Å²) in [6.45, 7) is 1.84. The van der Waals surface area contributed by atoms with E-state index in [4.69, 9.17) is 4.74 Å². The Labute approximate surface area is 207 Å². The average molecular weight is 491 g/mol. The van der Waals surface area contributed by atoms with E-state index in [1.165, 1.54) is 24.5 Å². The zero-order chi connectivity index (χ0) is 25.9. The van der Waals surface area contributed by atoms with Crippen LogP contribution >= 0.6 is 0 Å². The number of rotatable bonds is 11. The number of pyridine rings is 2. The molecular formula is C26H26N4O6. The van der Waals surface area contributed by atoms with Crippen LogP contribution in [-0.4, -0.2) is 57.5 Å². The van der Waals surface area contributed by atoms with Gasteiger partial charge in [-0.05, 0) is 42.3 Å². The van der Waals surface area contributed by atoms with E-state index in [-0.39, 0.29) is 30.8 Å². The third kappa shape index (κ3) is 7.45. The van der Waals surface area contributed by atoms with Gasteiger partial charge in [0.25, 0.3) is 11.8 Å². The smallest absolute Gasteiger partial charge is 0.328 e. The number of amides is 2. The predicted octanol–water partition coefficient (Wildman–Crippen LogP) is 1.81. The molecule has 0 aliphatic carbocycles. The standard InChI is InChI=1S/C26H26N4O6/c1-2-36-26(35)22(30-24(32)20-8-4-6-14-28-20)16-18-11-9-17(10-12-18)15-21(25(33)34)29-23(31)19-7-3-5-13-27-19/h3-14,21-22H,2,15-16H2,1H3,(H,29,31)(H,30,32)(H,33,34)/t21?,22-/m1/s1. The van der Waals surface area contributed by atoms with Crippen molar-refractivity contribution in [3.8, 4) is 0 Å². The van der Waals surface area contributed by atoms with Crippen molar-refractivity contribution in [2.45, 2.75) is 31.8 Å². The third-order valence-corrected chi connectivity index (χ3v) is 5.18. The highest BCUT2D eigenvalue weighted by Crippen LogP contribution is 2.11. The number of ether oxygens (including phenoxy) is 1. The lowest BCUT2D eigenvalue weighted by atomic mass is 10.0. The molecule has 0 saturated heterocycles. The van der Waals surface area contributed by atoms with Crippen LogP contribution in [-0.2, 0) is 27.2 Å². The van der Waals surface area contributed by atoms with Crippen LogP contribution in [0.3, 0.4) is 0 Å². The molecule has 2 heterocycles. The molecule has 0 spiro atoms. The molecule has 186 valence electrons. The zero-order valence-electron chi connectivity index (χ0n) is 19.6. The second kappa shape index (κ2) is 12.7. The molecule has 1 unspecified atom stereocenters. The average Bonchev–Trinajstić information content (AvgIpc) is 2.90. The topological polar surface area (TPSA) is 148 Å². The van der Waals surface area contributed by atoms with Crippen LogP contribution in [0.1, 0.15) is 39.0 Å². The Morgan fingerprint density at radius 1 is 0.778 bits per heavy atom. The van der Waals surface area contributed by atoms with Gasteiger partial charge in [0, 0.05) is 25.2 Å². The van der Waals surface area contributed by atoms with Gasteiger partial charge in [-0.15, -0.1) is 0 Å². The molecule has 36 heavy (non-hydrogen) atoms. The van der Waals surface area contributed by atoms with Crippen molar-refractivity contribution in [3.63, 3.8) is 0 Å². The molecule has 2 aromatic heterocycles. The Morgan fingerprint density at radius 3 is 1.67 bits per heavy atom. The van der Waals surface area contributed by atoms with E-state index >= 15 is 0 Å². The predicted molar refractivity (Wildman–Crippen MR) is 129 cm³/mol. The molecule has 3 N–H and O–H groups in total. The van der Waals surface area contributed by atoms with Crippen molar-refractivity contribution in [2.75, 3.05) is 6.61 Å². The van der Waals surface area contributed by atoms with Gasteiger partial charge < -0.3 is 20.5 Å². The fourth-order valence-corrected chi connectivity index (χ4v) is 3.38. The minimum atomic E-state index is -1.18. The summed E-state index contributed by atoms with van der Waals surface area (Å²) >= 11 is 0. The van der Waals surface area contributed by atoms with Gasteiger partial charge in [-0.2, -0.15) is 0 Å². The van der Waals surface area contributed by atoms with Crippen LogP contribution in [0, 0.1) is 0 Å². The lowest BCUT2D eigenvalue weighted by Crippen LogP contribution is -2.43. The summed E-state index contributed by atoms with van der Waals surface area (Å²) in [4.78, 5) is 56.9. The molecule has 3 aromatic rings. The highest BCUT2D eigenvalue weighted by molar-refractivity contribution is 5.95. The lowest BCUT2D eigenvalue weighted by molar-refractivity contribution is -0.145. The van der Waals surface area contributed by atoms with Gasteiger partial charge in [0.15, 0.2) is 0 Å². The first-order valence-corrected chi connectivity index (χ1v) is 11.3. The van der Waals surface area contributed by atoms with Gasteiger partial charge in [0.2, 0.25) is 0 Å². The van der Waals surface area contributed by atoms with Crippen LogP contribution in [0.4, 0.5) is 0 Å².